The van der Waals surface area contributed by atoms with Gasteiger partial charge in [0.25, 0.3) is 10.2 Å². The predicted molar refractivity (Wildman–Crippen MR) is 78.7 cm³/mol. The summed E-state index contributed by atoms with van der Waals surface area (Å²) in [5.74, 6) is 0.328. The summed E-state index contributed by atoms with van der Waals surface area (Å²) in [4.78, 5) is 0. The van der Waals surface area contributed by atoms with Crippen LogP contribution < -0.4 is 5.32 Å². The van der Waals surface area contributed by atoms with Crippen LogP contribution in [0.3, 0.4) is 0 Å². The second-order valence-electron chi connectivity index (χ2n) is 5.41. The molecule has 20 heavy (non-hydrogen) atoms. The lowest BCUT2D eigenvalue weighted by atomic mass is 9.99. The monoisotopic (exact) mass is 295 g/mol. The zero-order chi connectivity index (χ0) is 14.0. The van der Waals surface area contributed by atoms with Gasteiger partial charge in [-0.25, -0.2) is 0 Å². The second kappa shape index (κ2) is 5.81. The number of hydrogen-bond donors (Lipinski definition) is 1. The van der Waals surface area contributed by atoms with E-state index >= 15 is 0 Å². The molecule has 3 rings (SSSR count). The molecule has 0 bridgehead atoms. The second-order valence-corrected chi connectivity index (χ2v) is 7.34. The minimum absolute atomic E-state index is 0.328. The van der Waals surface area contributed by atoms with Crippen LogP contribution in [-0.2, 0) is 10.2 Å². The van der Waals surface area contributed by atoms with Crippen LogP contribution in [0.5, 0.6) is 0 Å². The SMILES string of the molecule is O=S(=O)(N1CCNCC1)N1CCC(c2ccccc2)C1. The van der Waals surface area contributed by atoms with Crippen molar-refractivity contribution < 1.29 is 8.42 Å². The zero-order valence-electron chi connectivity index (χ0n) is 11.5. The highest BCUT2D eigenvalue weighted by Crippen LogP contribution is 2.29. The van der Waals surface area contributed by atoms with Crippen molar-refractivity contribution in [2.75, 3.05) is 39.3 Å². The van der Waals surface area contributed by atoms with Gasteiger partial charge in [-0.3, -0.25) is 0 Å². The van der Waals surface area contributed by atoms with Crippen molar-refractivity contribution in [1.29, 1.82) is 0 Å². The lowest BCUT2D eigenvalue weighted by Gasteiger charge is -2.30. The molecule has 1 atom stereocenters. The van der Waals surface area contributed by atoms with E-state index in [-0.39, 0.29) is 0 Å². The summed E-state index contributed by atoms with van der Waals surface area (Å²) < 4.78 is 28.4. The fourth-order valence-corrected chi connectivity index (χ4v) is 4.65. The largest absolute Gasteiger partial charge is 0.314 e. The summed E-state index contributed by atoms with van der Waals surface area (Å²) in [6, 6.07) is 10.2. The van der Waals surface area contributed by atoms with Gasteiger partial charge >= 0.3 is 0 Å². The number of nitrogens with zero attached hydrogens (tertiary/aromatic N) is 2. The highest BCUT2D eigenvalue weighted by Gasteiger charge is 2.36. The van der Waals surface area contributed by atoms with E-state index in [0.29, 0.717) is 32.1 Å². The average Bonchev–Trinajstić information content (AvgIpc) is 3.00. The van der Waals surface area contributed by atoms with Crippen molar-refractivity contribution in [2.45, 2.75) is 12.3 Å². The number of hydrogen-bond acceptors (Lipinski definition) is 3. The van der Waals surface area contributed by atoms with E-state index in [9.17, 15) is 8.42 Å². The van der Waals surface area contributed by atoms with E-state index in [1.165, 1.54) is 5.56 Å². The molecular formula is C14H21N3O2S. The molecule has 5 nitrogen and oxygen atoms in total. The van der Waals surface area contributed by atoms with Crippen LogP contribution in [0.15, 0.2) is 30.3 Å². The summed E-state index contributed by atoms with van der Waals surface area (Å²) in [6.45, 7) is 3.89. The third-order valence-corrected chi connectivity index (χ3v) is 6.15. The summed E-state index contributed by atoms with van der Waals surface area (Å²) in [5.41, 5.74) is 1.24. The molecule has 2 aliphatic rings. The van der Waals surface area contributed by atoms with Crippen LogP contribution in [0.4, 0.5) is 0 Å². The van der Waals surface area contributed by atoms with Crippen molar-refractivity contribution in [1.82, 2.24) is 13.9 Å². The zero-order valence-corrected chi connectivity index (χ0v) is 12.3. The van der Waals surface area contributed by atoms with E-state index in [1.54, 1.807) is 8.61 Å². The molecule has 2 heterocycles. The molecule has 0 aromatic heterocycles. The molecule has 0 amide bonds. The van der Waals surface area contributed by atoms with Crippen LogP contribution >= 0.6 is 0 Å². The third kappa shape index (κ3) is 2.74. The van der Waals surface area contributed by atoms with Crippen LogP contribution in [0, 0.1) is 0 Å². The van der Waals surface area contributed by atoms with E-state index in [0.717, 1.165) is 19.5 Å². The van der Waals surface area contributed by atoms with Gasteiger partial charge in [-0.15, -0.1) is 0 Å². The maximum absolute atomic E-state index is 12.6. The molecule has 0 radical (unpaired) electrons. The molecule has 2 fully saturated rings. The van der Waals surface area contributed by atoms with Crippen molar-refractivity contribution in [3.63, 3.8) is 0 Å². The van der Waals surface area contributed by atoms with Gasteiger partial charge in [0.15, 0.2) is 0 Å². The first-order valence-corrected chi connectivity index (χ1v) is 8.58. The maximum Gasteiger partial charge on any atom is 0.282 e. The first-order valence-electron chi connectivity index (χ1n) is 7.19. The average molecular weight is 295 g/mol. The van der Waals surface area contributed by atoms with Crippen molar-refractivity contribution in [3.8, 4) is 0 Å². The molecular weight excluding hydrogens is 274 g/mol. The van der Waals surface area contributed by atoms with Crippen molar-refractivity contribution in [2.24, 2.45) is 0 Å². The fourth-order valence-electron chi connectivity index (χ4n) is 2.97. The van der Waals surface area contributed by atoms with Gasteiger partial charge in [-0.2, -0.15) is 17.0 Å². The van der Waals surface area contributed by atoms with Crippen molar-refractivity contribution >= 4 is 10.2 Å². The predicted octanol–water partition coefficient (Wildman–Crippen LogP) is 0.626. The van der Waals surface area contributed by atoms with Gasteiger partial charge in [0.1, 0.15) is 0 Å². The Morgan fingerprint density at radius 3 is 2.40 bits per heavy atom. The molecule has 1 aromatic carbocycles. The normalized spacial score (nSPS) is 25.9. The van der Waals surface area contributed by atoms with Gasteiger partial charge in [-0.1, -0.05) is 30.3 Å². The number of rotatable bonds is 3. The van der Waals surface area contributed by atoms with E-state index < -0.39 is 10.2 Å². The Kier molecular flexibility index (Phi) is 4.07. The Labute approximate surface area is 120 Å². The lowest BCUT2D eigenvalue weighted by Crippen LogP contribution is -2.51. The summed E-state index contributed by atoms with van der Waals surface area (Å²) >= 11 is 0. The summed E-state index contributed by atoms with van der Waals surface area (Å²) in [5, 5.41) is 3.19. The molecule has 0 saturated carbocycles. The topological polar surface area (TPSA) is 52.7 Å². The summed E-state index contributed by atoms with van der Waals surface area (Å²) in [7, 11) is -3.28. The molecule has 2 saturated heterocycles. The molecule has 6 heteroatoms. The maximum atomic E-state index is 12.6. The number of benzene rings is 1. The van der Waals surface area contributed by atoms with Gasteiger partial charge in [0.2, 0.25) is 0 Å². The van der Waals surface area contributed by atoms with Gasteiger partial charge in [0, 0.05) is 39.3 Å². The fraction of sp³-hybridized carbons (Fsp3) is 0.571. The molecule has 1 unspecified atom stereocenters. The highest BCUT2D eigenvalue weighted by atomic mass is 32.2. The first kappa shape index (κ1) is 14.0. The Morgan fingerprint density at radius 1 is 1.00 bits per heavy atom. The van der Waals surface area contributed by atoms with Crippen LogP contribution in [0.2, 0.25) is 0 Å². The van der Waals surface area contributed by atoms with Gasteiger partial charge < -0.3 is 5.32 Å². The molecule has 1 aromatic rings. The molecule has 110 valence electrons. The Balaban J connectivity index is 1.70. The standard InChI is InChI=1S/C14H21N3O2S/c18-20(19,16-10-7-15-8-11-16)17-9-6-14(12-17)13-4-2-1-3-5-13/h1-5,14-15H,6-12H2. The van der Waals surface area contributed by atoms with E-state index in [1.807, 2.05) is 18.2 Å². The van der Waals surface area contributed by atoms with Crippen molar-refractivity contribution in [3.05, 3.63) is 35.9 Å². The van der Waals surface area contributed by atoms with E-state index in [4.69, 9.17) is 0 Å². The quantitative estimate of drug-likeness (QED) is 0.890. The molecule has 0 aliphatic carbocycles. The Bertz CT molecular complexity index is 541. The third-order valence-electron chi connectivity index (χ3n) is 4.15. The molecule has 0 spiro atoms. The van der Waals surface area contributed by atoms with Crippen LogP contribution in [0.1, 0.15) is 17.9 Å². The molecule has 2 aliphatic heterocycles. The smallest absolute Gasteiger partial charge is 0.282 e. The minimum atomic E-state index is -3.28. The molecule has 1 N–H and O–H groups in total. The van der Waals surface area contributed by atoms with Crippen LogP contribution in [0.25, 0.3) is 0 Å². The lowest BCUT2D eigenvalue weighted by molar-refractivity contribution is 0.326. The van der Waals surface area contributed by atoms with Gasteiger partial charge in [0.05, 0.1) is 0 Å². The Hall–Kier alpha value is -0.950. The van der Waals surface area contributed by atoms with Crippen LogP contribution in [-0.4, -0.2) is 56.3 Å². The van der Waals surface area contributed by atoms with Gasteiger partial charge in [-0.05, 0) is 17.9 Å². The number of nitrogens with one attached hydrogen (secondary N) is 1. The number of piperazine rings is 1. The Morgan fingerprint density at radius 2 is 1.70 bits per heavy atom. The summed E-state index contributed by atoms with van der Waals surface area (Å²) in [6.07, 6.45) is 0.912. The highest BCUT2D eigenvalue weighted by molar-refractivity contribution is 7.86. The first-order chi connectivity index (χ1) is 9.68. The minimum Gasteiger partial charge on any atom is -0.314 e. The van der Waals surface area contributed by atoms with E-state index in [2.05, 4.69) is 17.4 Å².